The smallest absolute Gasteiger partial charge is 0.337 e. The first-order valence-corrected chi connectivity index (χ1v) is 6.99. The molecule has 104 valence electrons. The molecule has 0 aromatic heterocycles. The Hall–Kier alpha value is -1.40. The third kappa shape index (κ3) is 3.54. The normalized spacial score (nSPS) is 13.7. The van der Waals surface area contributed by atoms with E-state index in [9.17, 15) is 13.8 Å². The Kier molecular flexibility index (Phi) is 5.08. The molecule has 0 saturated carbocycles. The van der Waals surface area contributed by atoms with Crippen molar-refractivity contribution in [2.45, 2.75) is 17.1 Å². The van der Waals surface area contributed by atoms with Gasteiger partial charge in [0, 0.05) is 19.0 Å². The molecule has 0 heterocycles. The number of carbonyl (C=O) groups is 2. The highest BCUT2D eigenvalue weighted by atomic mass is 35.5. The summed E-state index contributed by atoms with van der Waals surface area (Å²) in [4.78, 5) is 24.3. The summed E-state index contributed by atoms with van der Waals surface area (Å²) in [5, 5.41) is 8.27. The van der Waals surface area contributed by atoms with Crippen LogP contribution >= 0.6 is 11.6 Å². The lowest BCUT2D eigenvalue weighted by atomic mass is 10.2. The number of hydrogen-bond acceptors (Lipinski definition) is 3. The Bertz CT molecular complexity index is 545. The van der Waals surface area contributed by atoms with E-state index in [0.29, 0.717) is 0 Å². The second-order valence-corrected chi connectivity index (χ2v) is 6.30. The van der Waals surface area contributed by atoms with Crippen LogP contribution in [0.3, 0.4) is 0 Å². The molecular weight excluding hydrogens is 290 g/mol. The largest absolute Gasteiger partial charge is 0.478 e. The predicted octanol–water partition coefficient (Wildman–Crippen LogP) is 1.62. The van der Waals surface area contributed by atoms with E-state index in [1.807, 2.05) is 0 Å². The molecule has 0 saturated heterocycles. The van der Waals surface area contributed by atoms with Crippen LogP contribution in [0.25, 0.3) is 0 Å². The molecule has 5 nitrogen and oxygen atoms in total. The van der Waals surface area contributed by atoms with Crippen molar-refractivity contribution in [1.82, 2.24) is 4.90 Å². The van der Waals surface area contributed by atoms with Gasteiger partial charge in [0.05, 0.1) is 21.4 Å². The van der Waals surface area contributed by atoms with E-state index in [2.05, 4.69) is 0 Å². The van der Waals surface area contributed by atoms with E-state index in [1.165, 1.54) is 30.0 Å². The number of benzene rings is 1. The Morgan fingerprint density at radius 2 is 1.95 bits per heavy atom. The van der Waals surface area contributed by atoms with Crippen LogP contribution in [0.15, 0.2) is 23.1 Å². The Balaban J connectivity index is 3.10. The number of hydrogen-bond donors (Lipinski definition) is 1. The van der Waals surface area contributed by atoms with Gasteiger partial charge in [-0.3, -0.25) is 9.00 Å². The Morgan fingerprint density at radius 3 is 2.42 bits per heavy atom. The van der Waals surface area contributed by atoms with Crippen molar-refractivity contribution in [2.24, 2.45) is 0 Å². The van der Waals surface area contributed by atoms with E-state index < -0.39 is 22.0 Å². The van der Waals surface area contributed by atoms with Crippen molar-refractivity contribution >= 4 is 34.3 Å². The number of carboxylic acids is 1. The molecule has 7 heteroatoms. The van der Waals surface area contributed by atoms with E-state index in [-0.39, 0.29) is 21.4 Å². The fourth-order valence-electron chi connectivity index (χ4n) is 1.45. The minimum atomic E-state index is -1.63. The SMILES string of the molecule is CC(C(=O)N(C)C)S(=O)c1ccc(Cl)c(C(=O)O)c1. The van der Waals surface area contributed by atoms with Crippen LogP contribution in [0.2, 0.25) is 5.02 Å². The standard InChI is InChI=1S/C12H14ClNO4S/c1-7(11(15)14(2)3)19(18)8-4-5-10(13)9(6-8)12(16)17/h4-7H,1-3H3,(H,16,17). The van der Waals surface area contributed by atoms with Gasteiger partial charge in [0.1, 0.15) is 5.25 Å². The lowest BCUT2D eigenvalue weighted by molar-refractivity contribution is -0.127. The molecule has 1 aromatic rings. The van der Waals surface area contributed by atoms with Gasteiger partial charge in [0.2, 0.25) is 5.91 Å². The van der Waals surface area contributed by atoms with Crippen LogP contribution in [-0.2, 0) is 15.6 Å². The van der Waals surface area contributed by atoms with Crippen molar-refractivity contribution in [1.29, 1.82) is 0 Å². The van der Waals surface area contributed by atoms with E-state index in [1.54, 1.807) is 14.1 Å². The molecule has 0 aliphatic rings. The third-order valence-corrected chi connectivity index (χ3v) is 4.40. The van der Waals surface area contributed by atoms with Crippen molar-refractivity contribution in [3.63, 3.8) is 0 Å². The number of rotatable bonds is 4. The van der Waals surface area contributed by atoms with Crippen LogP contribution in [0.5, 0.6) is 0 Å². The average Bonchev–Trinajstić information content (AvgIpc) is 2.36. The minimum absolute atomic E-state index is 0.0693. The number of nitrogens with zero attached hydrogens (tertiary/aromatic N) is 1. The van der Waals surface area contributed by atoms with E-state index >= 15 is 0 Å². The summed E-state index contributed by atoms with van der Waals surface area (Å²) in [6.07, 6.45) is 0. The number of halogens is 1. The van der Waals surface area contributed by atoms with Gasteiger partial charge in [-0.05, 0) is 25.1 Å². The maximum atomic E-state index is 12.2. The molecule has 2 atom stereocenters. The molecule has 19 heavy (non-hydrogen) atoms. The Labute approximate surface area is 118 Å². The minimum Gasteiger partial charge on any atom is -0.478 e. The summed E-state index contributed by atoms with van der Waals surface area (Å²) in [6.45, 7) is 1.54. The molecule has 0 aliphatic carbocycles. The first-order chi connectivity index (χ1) is 8.75. The highest BCUT2D eigenvalue weighted by Gasteiger charge is 2.24. The fraction of sp³-hybridized carbons (Fsp3) is 0.333. The summed E-state index contributed by atoms with van der Waals surface area (Å²) in [5.41, 5.74) is -0.128. The van der Waals surface area contributed by atoms with Gasteiger partial charge in [0.25, 0.3) is 0 Å². The zero-order valence-corrected chi connectivity index (χ0v) is 12.3. The summed E-state index contributed by atoms with van der Waals surface area (Å²) in [6, 6.07) is 4.07. The zero-order chi connectivity index (χ0) is 14.7. The second-order valence-electron chi connectivity index (χ2n) is 4.12. The molecule has 0 bridgehead atoms. The number of aromatic carboxylic acids is 1. The Morgan fingerprint density at radius 1 is 1.37 bits per heavy atom. The molecule has 1 amide bonds. The van der Waals surface area contributed by atoms with E-state index in [0.717, 1.165) is 0 Å². The summed E-state index contributed by atoms with van der Waals surface area (Å²) >= 11 is 5.73. The molecule has 0 fully saturated rings. The van der Waals surface area contributed by atoms with Crippen LogP contribution < -0.4 is 0 Å². The number of carbonyl (C=O) groups excluding carboxylic acids is 1. The third-order valence-electron chi connectivity index (χ3n) is 2.51. The zero-order valence-electron chi connectivity index (χ0n) is 10.7. The van der Waals surface area contributed by atoms with Gasteiger partial charge in [-0.25, -0.2) is 4.79 Å². The molecule has 0 spiro atoms. The summed E-state index contributed by atoms with van der Waals surface area (Å²) in [7, 11) is 1.51. The first-order valence-electron chi connectivity index (χ1n) is 5.40. The molecule has 1 aromatic carbocycles. The molecular formula is C12H14ClNO4S. The molecule has 0 radical (unpaired) electrons. The van der Waals surface area contributed by atoms with Crippen LogP contribution in [-0.4, -0.2) is 45.4 Å². The first kappa shape index (κ1) is 15.7. The topological polar surface area (TPSA) is 74.7 Å². The van der Waals surface area contributed by atoms with Crippen LogP contribution in [0, 0.1) is 0 Å². The van der Waals surface area contributed by atoms with Crippen LogP contribution in [0.1, 0.15) is 17.3 Å². The van der Waals surface area contributed by atoms with Gasteiger partial charge in [-0.15, -0.1) is 0 Å². The maximum absolute atomic E-state index is 12.2. The van der Waals surface area contributed by atoms with Crippen molar-refractivity contribution in [3.05, 3.63) is 28.8 Å². The van der Waals surface area contributed by atoms with E-state index in [4.69, 9.17) is 16.7 Å². The second kappa shape index (κ2) is 6.16. The van der Waals surface area contributed by atoms with Gasteiger partial charge >= 0.3 is 5.97 Å². The molecule has 2 unspecified atom stereocenters. The average molecular weight is 304 g/mol. The summed E-state index contributed by atoms with van der Waals surface area (Å²) in [5.74, 6) is -1.49. The van der Waals surface area contributed by atoms with Crippen molar-refractivity contribution in [2.75, 3.05) is 14.1 Å². The lowest BCUT2D eigenvalue weighted by Gasteiger charge is -2.16. The fourth-order valence-corrected chi connectivity index (χ4v) is 2.89. The van der Waals surface area contributed by atoms with Gasteiger partial charge < -0.3 is 10.0 Å². The van der Waals surface area contributed by atoms with Crippen molar-refractivity contribution in [3.8, 4) is 0 Å². The monoisotopic (exact) mass is 303 g/mol. The highest BCUT2D eigenvalue weighted by molar-refractivity contribution is 7.86. The molecule has 1 rings (SSSR count). The maximum Gasteiger partial charge on any atom is 0.337 e. The highest BCUT2D eigenvalue weighted by Crippen LogP contribution is 2.21. The van der Waals surface area contributed by atoms with Gasteiger partial charge in [0.15, 0.2) is 0 Å². The van der Waals surface area contributed by atoms with Crippen molar-refractivity contribution < 1.29 is 18.9 Å². The lowest BCUT2D eigenvalue weighted by Crippen LogP contribution is -2.34. The van der Waals surface area contributed by atoms with Crippen LogP contribution in [0.4, 0.5) is 0 Å². The van der Waals surface area contributed by atoms with Gasteiger partial charge in [-0.2, -0.15) is 0 Å². The number of amides is 1. The predicted molar refractivity (Wildman–Crippen MR) is 73.0 cm³/mol. The quantitative estimate of drug-likeness (QED) is 0.917. The molecule has 0 aliphatic heterocycles. The van der Waals surface area contributed by atoms with Gasteiger partial charge in [-0.1, -0.05) is 11.6 Å². The summed E-state index contributed by atoms with van der Waals surface area (Å²) < 4.78 is 12.2. The number of carboxylic acid groups (broad SMARTS) is 1. The molecule has 1 N–H and O–H groups in total.